The van der Waals surface area contributed by atoms with E-state index >= 15 is 0 Å². The smallest absolute Gasteiger partial charge is 0.228 e. The summed E-state index contributed by atoms with van der Waals surface area (Å²) in [7, 11) is -2.09. The van der Waals surface area contributed by atoms with Crippen LogP contribution in [0.1, 0.15) is 11.3 Å². The Morgan fingerprint density at radius 1 is 1.37 bits per heavy atom. The van der Waals surface area contributed by atoms with Crippen molar-refractivity contribution >= 4 is 9.84 Å². The van der Waals surface area contributed by atoms with Gasteiger partial charge in [-0.05, 0) is 5.56 Å². The van der Waals surface area contributed by atoms with Crippen LogP contribution in [0.15, 0.2) is 54.3 Å². The average molecular weight is 388 g/mol. The molecule has 0 spiro atoms. The molecule has 1 aromatic heterocycles. The standard InChI is InChI=1S/C20H25N3O3S/c1-4-11-22(12-5-2)17-19-15-21-20(27(24,25)14-13-26-3)23(19)16-18-9-7-6-8-10-18/h1,5-10,15H,2,11-14,16-17H2,3H3. The van der Waals surface area contributed by atoms with E-state index in [1.807, 2.05) is 35.2 Å². The van der Waals surface area contributed by atoms with Gasteiger partial charge in [0.1, 0.15) is 0 Å². The summed E-state index contributed by atoms with van der Waals surface area (Å²) in [6.07, 6.45) is 8.82. The van der Waals surface area contributed by atoms with Gasteiger partial charge >= 0.3 is 0 Å². The van der Waals surface area contributed by atoms with Crippen molar-refractivity contribution in [3.63, 3.8) is 0 Å². The number of hydrogen-bond donors (Lipinski definition) is 0. The number of nitrogens with zero attached hydrogens (tertiary/aromatic N) is 3. The fraction of sp³-hybridized carbons (Fsp3) is 0.350. The Balaban J connectivity index is 2.41. The summed E-state index contributed by atoms with van der Waals surface area (Å²) < 4.78 is 32.1. The Labute approximate surface area is 161 Å². The molecule has 6 nitrogen and oxygen atoms in total. The van der Waals surface area contributed by atoms with Gasteiger partial charge in [0, 0.05) is 20.2 Å². The molecule has 0 bridgehead atoms. The molecule has 1 aromatic carbocycles. The molecule has 0 saturated carbocycles. The van der Waals surface area contributed by atoms with Crippen LogP contribution < -0.4 is 0 Å². The first-order valence-electron chi connectivity index (χ1n) is 8.58. The topological polar surface area (TPSA) is 64.4 Å². The van der Waals surface area contributed by atoms with Crippen LogP contribution in [0.4, 0.5) is 0 Å². The van der Waals surface area contributed by atoms with Crippen LogP contribution in [0.25, 0.3) is 0 Å². The molecule has 1 heterocycles. The van der Waals surface area contributed by atoms with Crippen molar-refractivity contribution in [2.24, 2.45) is 0 Å². The molecular formula is C20H25N3O3S. The molecule has 27 heavy (non-hydrogen) atoms. The van der Waals surface area contributed by atoms with Crippen LogP contribution in [-0.2, 0) is 27.7 Å². The highest BCUT2D eigenvalue weighted by Crippen LogP contribution is 2.17. The molecule has 0 aliphatic carbocycles. The second-order valence-electron chi connectivity index (χ2n) is 6.08. The van der Waals surface area contributed by atoms with E-state index in [1.165, 1.54) is 7.11 Å². The summed E-state index contributed by atoms with van der Waals surface area (Å²) in [6, 6.07) is 9.69. The number of aromatic nitrogens is 2. The number of rotatable bonds is 11. The van der Waals surface area contributed by atoms with Crippen molar-refractivity contribution in [3.8, 4) is 12.3 Å². The molecule has 0 fully saturated rings. The predicted octanol–water partition coefficient (Wildman–Crippen LogP) is 1.97. The molecule has 0 aliphatic heterocycles. The van der Waals surface area contributed by atoms with E-state index in [0.29, 0.717) is 26.2 Å². The highest BCUT2D eigenvalue weighted by molar-refractivity contribution is 7.91. The molecule has 2 rings (SSSR count). The quantitative estimate of drug-likeness (QED) is 0.436. The summed E-state index contributed by atoms with van der Waals surface area (Å²) in [4.78, 5) is 6.22. The lowest BCUT2D eigenvalue weighted by Gasteiger charge is -2.19. The average Bonchev–Trinajstić information content (AvgIpc) is 3.04. The van der Waals surface area contributed by atoms with Crippen molar-refractivity contribution in [2.75, 3.05) is 32.6 Å². The Hall–Kier alpha value is -2.40. The molecule has 0 N–H and O–H groups in total. The van der Waals surface area contributed by atoms with E-state index in [2.05, 4.69) is 17.5 Å². The maximum atomic E-state index is 12.7. The van der Waals surface area contributed by atoms with E-state index in [-0.39, 0.29) is 17.5 Å². The number of ether oxygens (including phenoxy) is 1. The normalized spacial score (nSPS) is 11.4. The SMILES string of the molecule is C#CCN(CC=C)Cc1cnc(S(=O)(=O)CCOC)n1Cc1ccccc1. The van der Waals surface area contributed by atoms with Crippen molar-refractivity contribution in [2.45, 2.75) is 18.2 Å². The van der Waals surface area contributed by atoms with Gasteiger partial charge in [0.05, 0.1) is 37.3 Å². The number of sulfone groups is 1. The fourth-order valence-corrected chi connectivity index (χ4v) is 4.01. The third-order valence-corrected chi connectivity index (χ3v) is 5.59. The van der Waals surface area contributed by atoms with Gasteiger partial charge in [0.2, 0.25) is 15.0 Å². The van der Waals surface area contributed by atoms with Crippen LogP contribution in [0.2, 0.25) is 0 Å². The molecule has 144 valence electrons. The van der Waals surface area contributed by atoms with Gasteiger partial charge in [-0.3, -0.25) is 4.90 Å². The number of methoxy groups -OCH3 is 1. The third-order valence-electron chi connectivity index (χ3n) is 4.01. The van der Waals surface area contributed by atoms with Gasteiger partial charge in [0.25, 0.3) is 0 Å². The minimum atomic E-state index is -3.56. The maximum Gasteiger partial charge on any atom is 0.228 e. The Bertz CT molecular complexity index is 883. The minimum Gasteiger partial charge on any atom is -0.384 e. The lowest BCUT2D eigenvalue weighted by Crippen LogP contribution is -2.26. The molecule has 2 aromatic rings. The van der Waals surface area contributed by atoms with Crippen LogP contribution in [0.3, 0.4) is 0 Å². The first-order chi connectivity index (χ1) is 13.0. The van der Waals surface area contributed by atoms with Crippen LogP contribution in [0, 0.1) is 12.3 Å². The summed E-state index contributed by atoms with van der Waals surface area (Å²) in [5.74, 6) is 2.51. The Morgan fingerprint density at radius 3 is 2.74 bits per heavy atom. The second kappa shape index (κ2) is 10.1. The molecule has 7 heteroatoms. The predicted molar refractivity (Wildman–Crippen MR) is 106 cm³/mol. The lowest BCUT2D eigenvalue weighted by molar-refractivity contribution is 0.217. The first-order valence-corrected chi connectivity index (χ1v) is 10.2. The lowest BCUT2D eigenvalue weighted by atomic mass is 10.2. The van der Waals surface area contributed by atoms with E-state index < -0.39 is 9.84 Å². The highest BCUT2D eigenvalue weighted by atomic mass is 32.2. The van der Waals surface area contributed by atoms with Gasteiger partial charge in [-0.2, -0.15) is 0 Å². The second-order valence-corrected chi connectivity index (χ2v) is 8.08. The number of hydrogen-bond acceptors (Lipinski definition) is 5. The van der Waals surface area contributed by atoms with E-state index in [9.17, 15) is 8.42 Å². The summed E-state index contributed by atoms with van der Waals surface area (Å²) in [6.45, 7) is 5.81. The van der Waals surface area contributed by atoms with Gasteiger partial charge in [-0.1, -0.05) is 42.3 Å². The monoisotopic (exact) mass is 387 g/mol. The largest absolute Gasteiger partial charge is 0.384 e. The Morgan fingerprint density at radius 2 is 2.11 bits per heavy atom. The van der Waals surface area contributed by atoms with Crippen LogP contribution in [-0.4, -0.2) is 55.4 Å². The van der Waals surface area contributed by atoms with Gasteiger partial charge < -0.3 is 9.30 Å². The summed E-state index contributed by atoms with van der Waals surface area (Å²) in [5, 5.41) is 0.0534. The van der Waals surface area contributed by atoms with Crippen molar-refractivity contribution in [1.82, 2.24) is 14.5 Å². The van der Waals surface area contributed by atoms with Gasteiger partial charge in [0.15, 0.2) is 0 Å². The zero-order chi connectivity index (χ0) is 19.7. The number of terminal acetylenes is 1. The maximum absolute atomic E-state index is 12.7. The van der Waals surface area contributed by atoms with Gasteiger partial charge in [-0.25, -0.2) is 13.4 Å². The zero-order valence-electron chi connectivity index (χ0n) is 15.5. The number of benzene rings is 1. The van der Waals surface area contributed by atoms with Crippen LogP contribution >= 0.6 is 0 Å². The third kappa shape index (κ3) is 5.79. The van der Waals surface area contributed by atoms with Crippen molar-refractivity contribution in [1.29, 1.82) is 0 Å². The van der Waals surface area contributed by atoms with Gasteiger partial charge in [-0.15, -0.1) is 13.0 Å². The van der Waals surface area contributed by atoms with E-state index in [4.69, 9.17) is 11.2 Å². The summed E-state index contributed by atoms with van der Waals surface area (Å²) in [5.41, 5.74) is 1.78. The molecular weight excluding hydrogens is 362 g/mol. The minimum absolute atomic E-state index is 0.0534. The fourth-order valence-electron chi connectivity index (χ4n) is 2.71. The number of imidazole rings is 1. The molecule has 0 unspecified atom stereocenters. The van der Waals surface area contributed by atoms with Crippen LogP contribution in [0.5, 0.6) is 0 Å². The first kappa shape index (κ1) is 20.9. The summed E-state index contributed by atoms with van der Waals surface area (Å²) >= 11 is 0. The molecule has 0 saturated heterocycles. The van der Waals surface area contributed by atoms with E-state index in [1.54, 1.807) is 16.8 Å². The molecule has 0 aliphatic rings. The zero-order valence-corrected chi connectivity index (χ0v) is 16.4. The van der Waals surface area contributed by atoms with Crippen molar-refractivity contribution in [3.05, 3.63) is 60.4 Å². The van der Waals surface area contributed by atoms with E-state index in [0.717, 1.165) is 11.3 Å². The molecule has 0 amide bonds. The Kier molecular flexibility index (Phi) is 7.80. The highest BCUT2D eigenvalue weighted by Gasteiger charge is 2.24. The van der Waals surface area contributed by atoms with Crippen molar-refractivity contribution < 1.29 is 13.2 Å². The molecule has 0 atom stereocenters. The molecule has 0 radical (unpaired) electrons.